The van der Waals surface area contributed by atoms with Crippen molar-refractivity contribution in [3.05, 3.63) is 45.3 Å². The second-order valence-electron chi connectivity index (χ2n) is 6.21. The predicted molar refractivity (Wildman–Crippen MR) is 83.9 cm³/mol. The van der Waals surface area contributed by atoms with E-state index < -0.39 is 34.5 Å². The number of H-pyrrole nitrogens is 2. The Kier molecular flexibility index (Phi) is 3.82. The van der Waals surface area contributed by atoms with Gasteiger partial charge in [-0.05, 0) is 0 Å². The lowest BCUT2D eigenvalue weighted by Crippen LogP contribution is -2.42. The van der Waals surface area contributed by atoms with Crippen LogP contribution in [0.15, 0.2) is 28.3 Å². The predicted octanol–water partition coefficient (Wildman–Crippen LogP) is -1.77. The fraction of sp³-hybridized carbons (Fsp3) is 0.400. The number of rotatable bonds is 4. The van der Waals surface area contributed by atoms with E-state index in [-0.39, 0.29) is 37.8 Å². The van der Waals surface area contributed by atoms with Crippen LogP contribution >= 0.6 is 0 Å². The molecule has 3 rings (SSSR count). The molecule has 2 aliphatic heterocycles. The van der Waals surface area contributed by atoms with Gasteiger partial charge in [0.15, 0.2) is 0 Å². The summed E-state index contributed by atoms with van der Waals surface area (Å²) in [6.45, 7) is 3.49. The van der Waals surface area contributed by atoms with Crippen LogP contribution in [0.1, 0.15) is 10.5 Å². The number of nitrogens with zero attached hydrogens (tertiary/aromatic N) is 2. The third-order valence-electron chi connectivity index (χ3n) is 4.68. The van der Waals surface area contributed by atoms with Gasteiger partial charge in [0.1, 0.15) is 11.1 Å². The number of nitrogens with one attached hydrogen (secondary N) is 2. The quantitative estimate of drug-likeness (QED) is 0.550. The van der Waals surface area contributed by atoms with E-state index in [9.17, 15) is 29.1 Å². The standard InChI is InChI=1S/C15H16N4O6/c1-2-3-18-6-15(13(23)24)7-19(5-8(15)11(18)21)12(22)9-4-10(20)17-14(25)16-9/h2,4,8H,1,3,5-7H2,(H,23,24)(H2,16,17,20,25)/t8-,15+/m0/s1. The zero-order valence-electron chi connectivity index (χ0n) is 13.2. The number of carboxylic acid groups (broad SMARTS) is 1. The van der Waals surface area contributed by atoms with E-state index in [1.807, 2.05) is 4.98 Å². The average Bonchev–Trinajstić information content (AvgIpc) is 3.03. The first-order valence-electron chi connectivity index (χ1n) is 7.54. The molecule has 2 aliphatic rings. The van der Waals surface area contributed by atoms with Crippen molar-refractivity contribution in [3.63, 3.8) is 0 Å². The summed E-state index contributed by atoms with van der Waals surface area (Å²) in [5.74, 6) is -3.08. The Morgan fingerprint density at radius 2 is 2.04 bits per heavy atom. The zero-order valence-corrected chi connectivity index (χ0v) is 13.2. The number of hydrogen-bond donors (Lipinski definition) is 3. The second kappa shape index (κ2) is 5.72. The summed E-state index contributed by atoms with van der Waals surface area (Å²) in [4.78, 5) is 66.3. The lowest BCUT2D eigenvalue weighted by Gasteiger charge is -2.24. The van der Waals surface area contributed by atoms with Gasteiger partial charge >= 0.3 is 11.7 Å². The topological polar surface area (TPSA) is 144 Å². The Labute approximate surface area is 140 Å². The van der Waals surface area contributed by atoms with Gasteiger partial charge in [-0.2, -0.15) is 0 Å². The van der Waals surface area contributed by atoms with Gasteiger partial charge in [0, 0.05) is 32.2 Å². The van der Waals surface area contributed by atoms with Gasteiger partial charge in [-0.15, -0.1) is 6.58 Å². The molecule has 0 radical (unpaired) electrons. The average molecular weight is 348 g/mol. The number of aromatic nitrogens is 2. The fourth-order valence-corrected chi connectivity index (χ4v) is 3.53. The van der Waals surface area contributed by atoms with Crippen molar-refractivity contribution < 1.29 is 19.5 Å². The van der Waals surface area contributed by atoms with Crippen molar-refractivity contribution in [2.45, 2.75) is 0 Å². The highest BCUT2D eigenvalue weighted by atomic mass is 16.4. The Hall–Kier alpha value is -3.17. The maximum absolute atomic E-state index is 12.5. The first-order chi connectivity index (χ1) is 11.8. The Balaban J connectivity index is 1.91. The number of carbonyl (C=O) groups excluding carboxylic acids is 2. The number of amides is 2. The van der Waals surface area contributed by atoms with Gasteiger partial charge < -0.3 is 19.9 Å². The molecule has 2 amide bonds. The first-order valence-corrected chi connectivity index (χ1v) is 7.54. The van der Waals surface area contributed by atoms with Crippen molar-refractivity contribution in [3.8, 4) is 0 Å². The molecular weight excluding hydrogens is 332 g/mol. The molecule has 3 heterocycles. The molecule has 10 nitrogen and oxygen atoms in total. The molecule has 0 unspecified atom stereocenters. The molecule has 2 fully saturated rings. The number of fused-ring (bicyclic) bond motifs is 1. The molecule has 2 atom stereocenters. The van der Waals surface area contributed by atoms with E-state index in [1.165, 1.54) is 15.9 Å². The fourth-order valence-electron chi connectivity index (χ4n) is 3.53. The highest BCUT2D eigenvalue weighted by Gasteiger charge is 2.62. The van der Waals surface area contributed by atoms with Crippen LogP contribution in [0.25, 0.3) is 0 Å². The molecule has 132 valence electrons. The zero-order chi connectivity index (χ0) is 18.4. The minimum atomic E-state index is -1.41. The van der Waals surface area contributed by atoms with Crippen molar-refractivity contribution in [2.24, 2.45) is 11.3 Å². The Morgan fingerprint density at radius 3 is 2.60 bits per heavy atom. The largest absolute Gasteiger partial charge is 0.481 e. The van der Waals surface area contributed by atoms with Gasteiger partial charge in [-0.3, -0.25) is 24.2 Å². The molecule has 25 heavy (non-hydrogen) atoms. The summed E-state index contributed by atoms with van der Waals surface area (Å²) in [5, 5.41) is 9.68. The van der Waals surface area contributed by atoms with Crippen LogP contribution in [0.3, 0.4) is 0 Å². The third-order valence-corrected chi connectivity index (χ3v) is 4.68. The number of carbonyl (C=O) groups is 3. The summed E-state index contributed by atoms with van der Waals surface area (Å²) >= 11 is 0. The van der Waals surface area contributed by atoms with Crippen molar-refractivity contribution in [1.82, 2.24) is 19.8 Å². The van der Waals surface area contributed by atoms with Crippen LogP contribution in [-0.2, 0) is 9.59 Å². The second-order valence-corrected chi connectivity index (χ2v) is 6.21. The highest BCUT2D eigenvalue weighted by molar-refractivity contribution is 5.97. The van der Waals surface area contributed by atoms with Gasteiger partial charge in [0.25, 0.3) is 11.5 Å². The monoisotopic (exact) mass is 348 g/mol. The van der Waals surface area contributed by atoms with E-state index in [2.05, 4.69) is 11.6 Å². The molecule has 0 aromatic carbocycles. The SMILES string of the molecule is C=CCN1C[C@@]2(C(=O)O)CN(C(=O)c3cc(=O)[nH]c(=O)[nH]3)C[C@H]2C1=O. The smallest absolute Gasteiger partial charge is 0.326 e. The molecule has 3 N–H and O–H groups in total. The van der Waals surface area contributed by atoms with Crippen LogP contribution in [0.5, 0.6) is 0 Å². The molecule has 1 aromatic heterocycles. The van der Waals surface area contributed by atoms with E-state index in [4.69, 9.17) is 0 Å². The minimum absolute atomic E-state index is 0.0203. The minimum Gasteiger partial charge on any atom is -0.481 e. The lowest BCUT2D eigenvalue weighted by molar-refractivity contribution is -0.149. The number of carboxylic acids is 1. The normalized spacial score (nSPS) is 25.1. The summed E-state index contributed by atoms with van der Waals surface area (Å²) < 4.78 is 0. The highest BCUT2D eigenvalue weighted by Crippen LogP contribution is 2.43. The van der Waals surface area contributed by atoms with Gasteiger partial charge in [0.2, 0.25) is 5.91 Å². The lowest BCUT2D eigenvalue weighted by atomic mass is 9.81. The summed E-state index contributed by atoms with van der Waals surface area (Å²) in [5.41, 5.74) is -3.23. The van der Waals surface area contributed by atoms with E-state index in [1.54, 1.807) is 0 Å². The number of aromatic amines is 2. The Bertz CT molecular complexity index is 858. The molecule has 10 heteroatoms. The van der Waals surface area contributed by atoms with Crippen LogP contribution in [0, 0.1) is 11.3 Å². The molecule has 0 spiro atoms. The molecule has 0 bridgehead atoms. The molecular formula is C15H16N4O6. The molecule has 0 saturated carbocycles. The van der Waals surface area contributed by atoms with Crippen LogP contribution in [0.2, 0.25) is 0 Å². The van der Waals surface area contributed by atoms with Crippen LogP contribution < -0.4 is 11.2 Å². The summed E-state index contributed by atoms with van der Waals surface area (Å²) in [6.07, 6.45) is 1.51. The van der Waals surface area contributed by atoms with Crippen molar-refractivity contribution >= 4 is 17.8 Å². The Morgan fingerprint density at radius 1 is 1.32 bits per heavy atom. The number of hydrogen-bond acceptors (Lipinski definition) is 5. The van der Waals surface area contributed by atoms with E-state index in [0.717, 1.165) is 6.07 Å². The van der Waals surface area contributed by atoms with Gasteiger partial charge in [0.05, 0.1) is 5.92 Å². The maximum Gasteiger partial charge on any atom is 0.326 e. The number of aliphatic carboxylic acids is 1. The number of likely N-dealkylation sites (tertiary alicyclic amines) is 2. The van der Waals surface area contributed by atoms with Crippen LogP contribution in [-0.4, -0.2) is 68.8 Å². The van der Waals surface area contributed by atoms with Crippen molar-refractivity contribution in [1.29, 1.82) is 0 Å². The van der Waals surface area contributed by atoms with Gasteiger partial charge in [-0.25, -0.2) is 4.79 Å². The summed E-state index contributed by atoms with van der Waals surface area (Å²) in [6, 6.07) is 0.928. The van der Waals surface area contributed by atoms with Crippen molar-refractivity contribution in [2.75, 3.05) is 26.2 Å². The maximum atomic E-state index is 12.5. The third kappa shape index (κ3) is 2.55. The van der Waals surface area contributed by atoms with E-state index >= 15 is 0 Å². The van der Waals surface area contributed by atoms with Crippen LogP contribution in [0.4, 0.5) is 0 Å². The molecule has 2 saturated heterocycles. The molecule has 0 aliphatic carbocycles. The first kappa shape index (κ1) is 16.7. The van der Waals surface area contributed by atoms with E-state index in [0.29, 0.717) is 0 Å². The summed E-state index contributed by atoms with van der Waals surface area (Å²) in [7, 11) is 0. The van der Waals surface area contributed by atoms with Gasteiger partial charge in [-0.1, -0.05) is 6.08 Å². The molecule has 1 aromatic rings.